The first-order valence-electron chi connectivity index (χ1n) is 6.31. The van der Waals surface area contributed by atoms with Gasteiger partial charge < -0.3 is 10.6 Å². The van der Waals surface area contributed by atoms with E-state index < -0.39 is 0 Å². The van der Waals surface area contributed by atoms with E-state index in [9.17, 15) is 4.79 Å². The zero-order valence-electron chi connectivity index (χ0n) is 10.7. The zero-order chi connectivity index (χ0) is 12.3. The number of amides is 1. The van der Waals surface area contributed by atoms with Crippen LogP contribution in [0.4, 0.5) is 0 Å². The van der Waals surface area contributed by atoms with Crippen molar-refractivity contribution < 1.29 is 4.79 Å². The first kappa shape index (κ1) is 15.0. The molecule has 3 nitrogen and oxygen atoms in total. The number of likely N-dealkylation sites (tertiary alicyclic amines) is 1. The summed E-state index contributed by atoms with van der Waals surface area (Å²) in [4.78, 5) is 14.3. The van der Waals surface area contributed by atoms with Gasteiger partial charge in [-0.3, -0.25) is 4.79 Å². The molecule has 0 spiro atoms. The topological polar surface area (TPSA) is 46.3 Å². The summed E-state index contributed by atoms with van der Waals surface area (Å²) in [5, 5.41) is 0. The number of nitrogens with zero attached hydrogens (tertiary/aromatic N) is 1. The quantitative estimate of drug-likeness (QED) is 0.913. The Morgan fingerprint density at radius 3 is 2.61 bits per heavy atom. The predicted molar refractivity (Wildman–Crippen MR) is 75.9 cm³/mol. The van der Waals surface area contributed by atoms with Gasteiger partial charge in [0.25, 0.3) is 0 Å². The van der Waals surface area contributed by atoms with E-state index in [1.807, 2.05) is 35.2 Å². The van der Waals surface area contributed by atoms with Crippen molar-refractivity contribution in [2.45, 2.75) is 31.7 Å². The molecule has 0 radical (unpaired) electrons. The van der Waals surface area contributed by atoms with Crippen LogP contribution in [0, 0.1) is 0 Å². The molecule has 0 bridgehead atoms. The van der Waals surface area contributed by atoms with Crippen LogP contribution in [0.1, 0.15) is 31.2 Å². The Labute approximate surface area is 115 Å². The lowest BCUT2D eigenvalue weighted by atomic mass is 9.95. The molecule has 1 heterocycles. The van der Waals surface area contributed by atoms with E-state index in [4.69, 9.17) is 5.73 Å². The van der Waals surface area contributed by atoms with Gasteiger partial charge in [0.05, 0.1) is 5.92 Å². The van der Waals surface area contributed by atoms with Gasteiger partial charge in [0.1, 0.15) is 0 Å². The van der Waals surface area contributed by atoms with Crippen LogP contribution in [0.15, 0.2) is 30.3 Å². The standard InChI is InChI=1S/C14H20N2O.ClH/c1-2-13(11-6-4-3-5-7-11)14(17)16-9-8-12(15)10-16;/h3-7,12-13H,2,8-10,15H2,1H3;1H. The number of carbonyl (C=O) groups excluding carboxylic acids is 1. The van der Waals surface area contributed by atoms with Crippen molar-refractivity contribution in [1.82, 2.24) is 4.90 Å². The van der Waals surface area contributed by atoms with E-state index in [1.165, 1.54) is 0 Å². The Hall–Kier alpha value is -1.06. The maximum atomic E-state index is 12.4. The minimum atomic E-state index is -0.0125. The number of nitrogens with two attached hydrogens (primary N) is 1. The molecule has 0 aliphatic carbocycles. The van der Waals surface area contributed by atoms with Crippen LogP contribution in [-0.2, 0) is 4.79 Å². The summed E-state index contributed by atoms with van der Waals surface area (Å²) in [6, 6.07) is 10.2. The maximum Gasteiger partial charge on any atom is 0.230 e. The molecular weight excluding hydrogens is 248 g/mol. The van der Waals surface area contributed by atoms with Crippen molar-refractivity contribution in [2.75, 3.05) is 13.1 Å². The van der Waals surface area contributed by atoms with E-state index in [2.05, 4.69) is 6.92 Å². The zero-order valence-corrected chi connectivity index (χ0v) is 11.5. The number of carbonyl (C=O) groups is 1. The maximum absolute atomic E-state index is 12.4. The van der Waals surface area contributed by atoms with Crippen molar-refractivity contribution in [3.8, 4) is 0 Å². The smallest absolute Gasteiger partial charge is 0.230 e. The Morgan fingerprint density at radius 2 is 2.11 bits per heavy atom. The van der Waals surface area contributed by atoms with Crippen molar-refractivity contribution in [3.63, 3.8) is 0 Å². The third-order valence-corrected chi connectivity index (χ3v) is 3.44. The van der Waals surface area contributed by atoms with Gasteiger partial charge in [-0.25, -0.2) is 0 Å². The van der Waals surface area contributed by atoms with Crippen molar-refractivity contribution in [2.24, 2.45) is 5.73 Å². The average Bonchev–Trinajstić information content (AvgIpc) is 2.78. The van der Waals surface area contributed by atoms with E-state index in [0.717, 1.165) is 24.9 Å². The summed E-state index contributed by atoms with van der Waals surface area (Å²) in [6.07, 6.45) is 1.77. The SMILES string of the molecule is CCC(C(=O)N1CCC(N)C1)c1ccccc1.Cl. The highest BCUT2D eigenvalue weighted by atomic mass is 35.5. The molecule has 18 heavy (non-hydrogen) atoms. The molecule has 2 unspecified atom stereocenters. The van der Waals surface area contributed by atoms with Gasteiger partial charge in [-0.1, -0.05) is 37.3 Å². The third-order valence-electron chi connectivity index (χ3n) is 3.44. The molecule has 1 aromatic carbocycles. The molecule has 0 saturated carbocycles. The Morgan fingerprint density at radius 1 is 1.44 bits per heavy atom. The van der Waals surface area contributed by atoms with E-state index >= 15 is 0 Å². The number of benzene rings is 1. The summed E-state index contributed by atoms with van der Waals surface area (Å²) < 4.78 is 0. The molecule has 1 aliphatic heterocycles. The number of hydrogen-bond donors (Lipinski definition) is 1. The second-order valence-electron chi connectivity index (χ2n) is 4.70. The van der Waals surface area contributed by atoms with Gasteiger partial charge in [0.15, 0.2) is 0 Å². The highest BCUT2D eigenvalue weighted by Crippen LogP contribution is 2.23. The fraction of sp³-hybridized carbons (Fsp3) is 0.500. The second-order valence-corrected chi connectivity index (χ2v) is 4.70. The summed E-state index contributed by atoms with van der Waals surface area (Å²) in [5.74, 6) is 0.216. The molecule has 4 heteroatoms. The van der Waals surface area contributed by atoms with Crippen molar-refractivity contribution >= 4 is 18.3 Å². The second kappa shape index (κ2) is 6.76. The van der Waals surface area contributed by atoms with Gasteiger partial charge in [0.2, 0.25) is 5.91 Å². The van der Waals surface area contributed by atoms with E-state index in [-0.39, 0.29) is 30.3 Å². The van der Waals surface area contributed by atoms with Gasteiger partial charge in [-0.15, -0.1) is 12.4 Å². The van der Waals surface area contributed by atoms with Crippen molar-refractivity contribution in [3.05, 3.63) is 35.9 Å². The number of halogens is 1. The first-order valence-corrected chi connectivity index (χ1v) is 6.31. The molecule has 100 valence electrons. The summed E-state index contributed by atoms with van der Waals surface area (Å²) >= 11 is 0. The van der Waals surface area contributed by atoms with Crippen molar-refractivity contribution in [1.29, 1.82) is 0 Å². The molecule has 2 rings (SSSR count). The van der Waals surface area contributed by atoms with E-state index in [0.29, 0.717) is 6.54 Å². The summed E-state index contributed by atoms with van der Waals surface area (Å²) in [6.45, 7) is 3.58. The largest absolute Gasteiger partial charge is 0.341 e. The lowest BCUT2D eigenvalue weighted by molar-refractivity contribution is -0.131. The van der Waals surface area contributed by atoms with Crippen LogP contribution in [0.2, 0.25) is 0 Å². The summed E-state index contributed by atoms with van der Waals surface area (Å²) in [5.41, 5.74) is 6.96. The van der Waals surface area contributed by atoms with Gasteiger partial charge in [-0.05, 0) is 18.4 Å². The molecule has 1 aliphatic rings. The monoisotopic (exact) mass is 268 g/mol. The highest BCUT2D eigenvalue weighted by Gasteiger charge is 2.29. The van der Waals surface area contributed by atoms with Crippen LogP contribution in [0.3, 0.4) is 0 Å². The molecule has 1 aromatic rings. The molecule has 2 atom stereocenters. The predicted octanol–water partition coefficient (Wildman–Crippen LogP) is 2.16. The molecular formula is C14H21ClN2O. The number of hydrogen-bond acceptors (Lipinski definition) is 2. The van der Waals surface area contributed by atoms with Gasteiger partial charge >= 0.3 is 0 Å². The Kier molecular flexibility index (Phi) is 5.63. The molecule has 1 saturated heterocycles. The fourth-order valence-corrected chi connectivity index (χ4v) is 2.45. The average molecular weight is 269 g/mol. The lowest BCUT2D eigenvalue weighted by Crippen LogP contribution is -2.35. The van der Waals surface area contributed by atoms with Gasteiger partial charge in [-0.2, -0.15) is 0 Å². The Balaban J connectivity index is 0.00000162. The van der Waals surface area contributed by atoms with Crippen LogP contribution < -0.4 is 5.73 Å². The summed E-state index contributed by atoms with van der Waals surface area (Å²) in [7, 11) is 0. The first-order chi connectivity index (χ1) is 8.22. The van der Waals surface area contributed by atoms with Crippen LogP contribution >= 0.6 is 12.4 Å². The van der Waals surface area contributed by atoms with E-state index in [1.54, 1.807) is 0 Å². The molecule has 1 fully saturated rings. The molecule has 0 aromatic heterocycles. The lowest BCUT2D eigenvalue weighted by Gasteiger charge is -2.22. The third kappa shape index (κ3) is 3.24. The Bertz CT molecular complexity index is 383. The molecule has 2 N–H and O–H groups in total. The fourth-order valence-electron chi connectivity index (χ4n) is 2.45. The molecule has 1 amide bonds. The number of rotatable bonds is 3. The minimum absolute atomic E-state index is 0. The van der Waals surface area contributed by atoms with Crippen LogP contribution in [-0.4, -0.2) is 29.9 Å². The van der Waals surface area contributed by atoms with Crippen LogP contribution in [0.5, 0.6) is 0 Å². The van der Waals surface area contributed by atoms with Crippen LogP contribution in [0.25, 0.3) is 0 Å². The highest BCUT2D eigenvalue weighted by molar-refractivity contribution is 5.85. The normalized spacial score (nSPS) is 20.3. The minimum Gasteiger partial charge on any atom is -0.341 e. The van der Waals surface area contributed by atoms with Gasteiger partial charge in [0, 0.05) is 19.1 Å².